The molecule has 0 amide bonds. The van der Waals surface area contributed by atoms with Crippen LogP contribution in [-0.4, -0.2) is 25.5 Å². The summed E-state index contributed by atoms with van der Waals surface area (Å²) in [5.41, 5.74) is 5.78. The molecule has 1 aromatic carbocycles. The van der Waals surface area contributed by atoms with E-state index >= 15 is 0 Å². The maximum Gasteiger partial charge on any atom is 0.188 e. The molecule has 14 heavy (non-hydrogen) atoms. The van der Waals surface area contributed by atoms with Gasteiger partial charge in [0.1, 0.15) is 6.61 Å². The van der Waals surface area contributed by atoms with Gasteiger partial charge in [0.15, 0.2) is 5.78 Å². The maximum atomic E-state index is 11.4. The van der Waals surface area contributed by atoms with Crippen LogP contribution in [0, 0.1) is 0 Å². The molecule has 0 saturated carbocycles. The SMILES string of the molecule is NCCOCC(=O)c1cccc(Cl)c1. The second-order valence-corrected chi connectivity index (χ2v) is 3.21. The van der Waals surface area contributed by atoms with Crippen molar-refractivity contribution in [3.05, 3.63) is 34.9 Å². The van der Waals surface area contributed by atoms with Gasteiger partial charge in [0.2, 0.25) is 0 Å². The van der Waals surface area contributed by atoms with Crippen molar-refractivity contribution in [1.82, 2.24) is 0 Å². The number of rotatable bonds is 5. The van der Waals surface area contributed by atoms with Crippen LogP contribution in [0.25, 0.3) is 0 Å². The Kier molecular flexibility index (Phi) is 4.59. The summed E-state index contributed by atoms with van der Waals surface area (Å²) in [7, 11) is 0. The summed E-state index contributed by atoms with van der Waals surface area (Å²) in [4.78, 5) is 11.4. The molecular weight excluding hydrogens is 202 g/mol. The van der Waals surface area contributed by atoms with Crippen LogP contribution in [0.4, 0.5) is 0 Å². The number of ether oxygens (including phenoxy) is 1. The molecule has 0 atom stereocenters. The Morgan fingerprint density at radius 3 is 2.93 bits per heavy atom. The number of Topliss-reactive ketones (excluding diaryl/α,β-unsaturated/α-hetero) is 1. The standard InChI is InChI=1S/C10H12ClNO2/c11-9-3-1-2-8(6-9)10(13)7-14-5-4-12/h1-3,6H,4-5,7,12H2. The van der Waals surface area contributed by atoms with Crippen molar-refractivity contribution in [2.24, 2.45) is 5.73 Å². The molecule has 0 bridgehead atoms. The molecule has 4 heteroatoms. The van der Waals surface area contributed by atoms with Gasteiger partial charge >= 0.3 is 0 Å². The molecule has 0 unspecified atom stereocenters. The molecule has 0 aliphatic rings. The lowest BCUT2D eigenvalue weighted by atomic mass is 10.1. The lowest BCUT2D eigenvalue weighted by Gasteiger charge is -2.02. The topological polar surface area (TPSA) is 52.3 Å². The third-order valence-electron chi connectivity index (χ3n) is 1.64. The van der Waals surface area contributed by atoms with E-state index < -0.39 is 0 Å². The minimum absolute atomic E-state index is 0.0531. The number of hydrogen-bond donors (Lipinski definition) is 1. The second-order valence-electron chi connectivity index (χ2n) is 2.77. The third kappa shape index (κ3) is 3.46. The fourth-order valence-corrected chi connectivity index (χ4v) is 1.18. The monoisotopic (exact) mass is 213 g/mol. The molecule has 0 fully saturated rings. The molecule has 3 nitrogen and oxygen atoms in total. The van der Waals surface area contributed by atoms with E-state index in [1.165, 1.54) is 0 Å². The van der Waals surface area contributed by atoms with Crippen molar-refractivity contribution in [1.29, 1.82) is 0 Å². The fraction of sp³-hybridized carbons (Fsp3) is 0.300. The summed E-state index contributed by atoms with van der Waals surface area (Å²) in [6.07, 6.45) is 0. The molecule has 1 aromatic rings. The Bertz CT molecular complexity index is 315. The molecule has 0 heterocycles. The molecule has 1 rings (SSSR count). The lowest BCUT2D eigenvalue weighted by molar-refractivity contribution is 0.0774. The molecule has 0 saturated heterocycles. The van der Waals surface area contributed by atoms with Crippen molar-refractivity contribution in [2.45, 2.75) is 0 Å². The van der Waals surface area contributed by atoms with Gasteiger partial charge < -0.3 is 10.5 Å². The van der Waals surface area contributed by atoms with Crippen molar-refractivity contribution in [2.75, 3.05) is 19.8 Å². The first-order valence-electron chi connectivity index (χ1n) is 4.30. The lowest BCUT2D eigenvalue weighted by Crippen LogP contribution is -2.14. The average molecular weight is 214 g/mol. The van der Waals surface area contributed by atoms with E-state index in [0.717, 1.165) is 0 Å². The highest BCUT2D eigenvalue weighted by molar-refractivity contribution is 6.31. The van der Waals surface area contributed by atoms with E-state index in [1.54, 1.807) is 24.3 Å². The zero-order chi connectivity index (χ0) is 10.4. The molecule has 0 aromatic heterocycles. The quantitative estimate of drug-likeness (QED) is 0.596. The van der Waals surface area contributed by atoms with E-state index in [0.29, 0.717) is 23.7 Å². The van der Waals surface area contributed by atoms with Crippen LogP contribution in [0.3, 0.4) is 0 Å². The predicted octanol–water partition coefficient (Wildman–Crippen LogP) is 1.50. The fourth-order valence-electron chi connectivity index (χ4n) is 0.993. The van der Waals surface area contributed by atoms with Gasteiger partial charge in [-0.25, -0.2) is 0 Å². The van der Waals surface area contributed by atoms with E-state index in [-0.39, 0.29) is 12.4 Å². The average Bonchev–Trinajstić information content (AvgIpc) is 2.18. The van der Waals surface area contributed by atoms with Gasteiger partial charge in [-0.1, -0.05) is 23.7 Å². The number of hydrogen-bond acceptors (Lipinski definition) is 3. The van der Waals surface area contributed by atoms with Crippen LogP contribution in [-0.2, 0) is 4.74 Å². The van der Waals surface area contributed by atoms with Crippen LogP contribution in [0.2, 0.25) is 5.02 Å². The van der Waals surface area contributed by atoms with Crippen LogP contribution >= 0.6 is 11.6 Å². The first-order valence-corrected chi connectivity index (χ1v) is 4.68. The summed E-state index contributed by atoms with van der Waals surface area (Å²) >= 11 is 5.74. The van der Waals surface area contributed by atoms with Crippen molar-refractivity contribution >= 4 is 17.4 Å². The number of ketones is 1. The molecule has 0 aliphatic carbocycles. The van der Waals surface area contributed by atoms with Crippen LogP contribution in [0.15, 0.2) is 24.3 Å². The Hall–Kier alpha value is -0.900. The first kappa shape index (κ1) is 11.2. The summed E-state index contributed by atoms with van der Waals surface area (Å²) < 4.78 is 5.02. The smallest absolute Gasteiger partial charge is 0.188 e. The number of carbonyl (C=O) groups is 1. The van der Waals surface area contributed by atoms with Gasteiger partial charge in [0.25, 0.3) is 0 Å². The summed E-state index contributed by atoms with van der Waals surface area (Å²) in [6.45, 7) is 0.868. The summed E-state index contributed by atoms with van der Waals surface area (Å²) in [5.74, 6) is -0.0825. The number of halogens is 1. The predicted molar refractivity (Wildman–Crippen MR) is 55.7 cm³/mol. The minimum Gasteiger partial charge on any atom is -0.372 e. The number of carbonyl (C=O) groups excluding carboxylic acids is 1. The Labute approximate surface area is 87.8 Å². The maximum absolute atomic E-state index is 11.4. The van der Waals surface area contributed by atoms with Gasteiger partial charge in [-0.3, -0.25) is 4.79 Å². The van der Waals surface area contributed by atoms with Gasteiger partial charge in [0.05, 0.1) is 6.61 Å². The highest BCUT2D eigenvalue weighted by Crippen LogP contribution is 2.11. The highest BCUT2D eigenvalue weighted by Gasteiger charge is 2.05. The van der Waals surface area contributed by atoms with Gasteiger partial charge in [0, 0.05) is 17.1 Å². The van der Waals surface area contributed by atoms with Gasteiger partial charge in [-0.15, -0.1) is 0 Å². The Morgan fingerprint density at radius 1 is 1.50 bits per heavy atom. The second kappa shape index (κ2) is 5.75. The van der Waals surface area contributed by atoms with E-state index in [9.17, 15) is 4.79 Å². The van der Waals surface area contributed by atoms with E-state index in [4.69, 9.17) is 22.1 Å². The van der Waals surface area contributed by atoms with E-state index in [1.807, 2.05) is 0 Å². The molecular formula is C10H12ClNO2. The summed E-state index contributed by atoms with van der Waals surface area (Å²) in [5, 5.41) is 0.551. The zero-order valence-corrected chi connectivity index (χ0v) is 8.46. The highest BCUT2D eigenvalue weighted by atomic mass is 35.5. The van der Waals surface area contributed by atoms with Crippen molar-refractivity contribution < 1.29 is 9.53 Å². The van der Waals surface area contributed by atoms with Crippen molar-refractivity contribution in [3.63, 3.8) is 0 Å². The number of benzene rings is 1. The van der Waals surface area contributed by atoms with Crippen LogP contribution in [0.1, 0.15) is 10.4 Å². The third-order valence-corrected chi connectivity index (χ3v) is 1.88. The molecule has 0 radical (unpaired) electrons. The van der Waals surface area contributed by atoms with E-state index in [2.05, 4.69) is 0 Å². The number of nitrogens with two attached hydrogens (primary N) is 1. The van der Waals surface area contributed by atoms with Gasteiger partial charge in [-0.05, 0) is 12.1 Å². The Morgan fingerprint density at radius 2 is 2.29 bits per heavy atom. The molecule has 0 spiro atoms. The molecule has 76 valence electrons. The molecule has 2 N–H and O–H groups in total. The normalized spacial score (nSPS) is 10.1. The Balaban J connectivity index is 2.52. The van der Waals surface area contributed by atoms with Crippen LogP contribution < -0.4 is 5.73 Å². The first-order chi connectivity index (χ1) is 6.74. The van der Waals surface area contributed by atoms with Gasteiger partial charge in [-0.2, -0.15) is 0 Å². The van der Waals surface area contributed by atoms with Crippen molar-refractivity contribution in [3.8, 4) is 0 Å². The zero-order valence-electron chi connectivity index (χ0n) is 7.70. The largest absolute Gasteiger partial charge is 0.372 e. The van der Waals surface area contributed by atoms with Crippen LogP contribution in [0.5, 0.6) is 0 Å². The molecule has 0 aliphatic heterocycles. The summed E-state index contributed by atoms with van der Waals surface area (Å²) in [6, 6.07) is 6.79. The minimum atomic E-state index is -0.0825.